The van der Waals surface area contributed by atoms with E-state index in [4.69, 9.17) is 4.42 Å². The lowest BCUT2D eigenvalue weighted by Gasteiger charge is -2.18. The van der Waals surface area contributed by atoms with E-state index in [1.165, 1.54) is 58.5 Å². The summed E-state index contributed by atoms with van der Waals surface area (Å²) in [4.78, 5) is 0. The van der Waals surface area contributed by atoms with E-state index in [-0.39, 0.29) is 0 Å². The molecule has 0 aliphatic carbocycles. The van der Waals surface area contributed by atoms with Gasteiger partial charge in [-0.05, 0) is 54.6 Å². The molecule has 242 valence electrons. The van der Waals surface area contributed by atoms with Crippen LogP contribution < -0.4 is 0 Å². The van der Waals surface area contributed by atoms with Gasteiger partial charge in [-0.1, -0.05) is 115 Å². The Balaban J connectivity index is 1.16. The zero-order valence-electron chi connectivity index (χ0n) is 27.9. The van der Waals surface area contributed by atoms with Crippen LogP contribution in [0.5, 0.6) is 0 Å². The minimum atomic E-state index is 0.912. The van der Waals surface area contributed by atoms with Gasteiger partial charge in [0.1, 0.15) is 11.2 Å². The molecule has 12 rings (SSSR count). The third-order valence-electron chi connectivity index (χ3n) is 10.9. The number of aromatic nitrogens is 2. The Hall–Kier alpha value is -6.62. The fourth-order valence-corrected chi connectivity index (χ4v) is 10.0. The summed E-state index contributed by atoms with van der Waals surface area (Å²) >= 11 is 1.90. The highest BCUT2D eigenvalue weighted by atomic mass is 32.1. The second kappa shape index (κ2) is 10.5. The lowest BCUT2D eigenvalue weighted by Crippen LogP contribution is -2.01. The Kier molecular flexibility index (Phi) is 5.65. The van der Waals surface area contributed by atoms with Gasteiger partial charge >= 0.3 is 0 Å². The number of furan rings is 1. The molecule has 0 saturated carbocycles. The largest absolute Gasteiger partial charge is 0.455 e. The van der Waals surface area contributed by atoms with E-state index in [0.717, 1.165) is 49.7 Å². The van der Waals surface area contributed by atoms with Crippen LogP contribution in [0.15, 0.2) is 174 Å². The summed E-state index contributed by atoms with van der Waals surface area (Å²) in [6, 6.07) is 61.6. The monoisotopic (exact) mass is 680 g/mol. The molecule has 0 atom stereocenters. The van der Waals surface area contributed by atoms with Gasteiger partial charge in [0.25, 0.3) is 0 Å². The third kappa shape index (κ3) is 3.69. The first-order valence-corrected chi connectivity index (χ1v) is 18.5. The fourth-order valence-electron chi connectivity index (χ4n) is 8.78. The first-order valence-electron chi connectivity index (χ1n) is 17.7. The number of para-hydroxylation sites is 5. The van der Waals surface area contributed by atoms with Crippen molar-refractivity contribution in [3.63, 3.8) is 0 Å². The fraction of sp³-hybridized carbons (Fsp3) is 0. The highest BCUT2D eigenvalue weighted by Crippen LogP contribution is 2.46. The summed E-state index contributed by atoms with van der Waals surface area (Å²) in [6.07, 6.45) is 0. The number of fused-ring (bicyclic) bond motifs is 14. The Bertz CT molecular complexity index is 3200. The molecular weight excluding hydrogens is 653 g/mol. The van der Waals surface area contributed by atoms with E-state index in [0.29, 0.717) is 0 Å². The van der Waals surface area contributed by atoms with Crippen LogP contribution in [-0.2, 0) is 0 Å². The predicted octanol–water partition coefficient (Wildman–Crippen LogP) is 13.8. The van der Waals surface area contributed by atoms with Gasteiger partial charge in [-0.2, -0.15) is 0 Å². The number of benzene rings is 8. The molecular formula is C48H28N2OS. The Morgan fingerprint density at radius 3 is 1.60 bits per heavy atom. The van der Waals surface area contributed by atoms with Crippen molar-refractivity contribution in [1.82, 2.24) is 9.13 Å². The van der Waals surface area contributed by atoms with Crippen molar-refractivity contribution in [3.05, 3.63) is 170 Å². The van der Waals surface area contributed by atoms with E-state index in [2.05, 4.69) is 173 Å². The molecule has 0 aliphatic heterocycles. The number of thiophene rings is 1. The summed E-state index contributed by atoms with van der Waals surface area (Å²) in [5, 5.41) is 9.83. The molecule has 52 heavy (non-hydrogen) atoms. The van der Waals surface area contributed by atoms with Crippen molar-refractivity contribution in [3.8, 4) is 22.5 Å². The van der Waals surface area contributed by atoms with Gasteiger partial charge in [-0.15, -0.1) is 11.3 Å². The molecule has 0 unspecified atom stereocenters. The van der Waals surface area contributed by atoms with Gasteiger partial charge in [0.05, 0.1) is 38.8 Å². The van der Waals surface area contributed by atoms with E-state index in [1.54, 1.807) is 0 Å². The van der Waals surface area contributed by atoms with E-state index < -0.39 is 0 Å². The zero-order valence-corrected chi connectivity index (χ0v) is 28.7. The van der Waals surface area contributed by atoms with E-state index in [1.807, 2.05) is 17.4 Å². The molecule has 0 spiro atoms. The molecule has 4 heteroatoms. The molecule has 0 radical (unpaired) electrons. The summed E-state index contributed by atoms with van der Waals surface area (Å²) < 4.78 is 14.2. The second-order valence-electron chi connectivity index (χ2n) is 13.6. The Morgan fingerprint density at radius 1 is 0.365 bits per heavy atom. The van der Waals surface area contributed by atoms with Crippen LogP contribution in [0.25, 0.3) is 108 Å². The van der Waals surface area contributed by atoms with Crippen molar-refractivity contribution < 1.29 is 4.42 Å². The van der Waals surface area contributed by atoms with Crippen molar-refractivity contribution in [1.29, 1.82) is 0 Å². The molecule has 3 nitrogen and oxygen atoms in total. The minimum Gasteiger partial charge on any atom is -0.455 e. The van der Waals surface area contributed by atoms with Crippen LogP contribution in [0.3, 0.4) is 0 Å². The number of hydrogen-bond donors (Lipinski definition) is 0. The lowest BCUT2D eigenvalue weighted by molar-refractivity contribution is 0.673. The summed E-state index contributed by atoms with van der Waals surface area (Å²) in [7, 11) is 0. The quantitative estimate of drug-likeness (QED) is 0.182. The average Bonchev–Trinajstić information content (AvgIpc) is 3.95. The normalized spacial score (nSPS) is 12.2. The van der Waals surface area contributed by atoms with Gasteiger partial charge < -0.3 is 13.6 Å². The molecule has 0 aliphatic rings. The van der Waals surface area contributed by atoms with Crippen molar-refractivity contribution in [2.24, 2.45) is 0 Å². The van der Waals surface area contributed by atoms with Crippen LogP contribution in [0.2, 0.25) is 0 Å². The first kappa shape index (κ1) is 28.1. The van der Waals surface area contributed by atoms with Crippen molar-refractivity contribution in [2.75, 3.05) is 0 Å². The van der Waals surface area contributed by atoms with Crippen LogP contribution in [0.1, 0.15) is 0 Å². The number of hydrogen-bond acceptors (Lipinski definition) is 2. The SMILES string of the molecule is c1ccc(-n2c3ccccc3c3c4oc5ccccc5c4ccc32)c(-c2ccccc2-n2c3ccccc3c3c4sc5ccccc5c4ccc32)c1. The zero-order chi connectivity index (χ0) is 33.9. The van der Waals surface area contributed by atoms with Gasteiger partial charge in [0.15, 0.2) is 0 Å². The molecule has 0 N–H and O–H groups in total. The highest BCUT2D eigenvalue weighted by molar-refractivity contribution is 7.26. The molecule has 0 bridgehead atoms. The summed E-state index contributed by atoms with van der Waals surface area (Å²) in [5.74, 6) is 0. The molecule has 8 aromatic carbocycles. The topological polar surface area (TPSA) is 23.0 Å². The second-order valence-corrected chi connectivity index (χ2v) is 14.7. The van der Waals surface area contributed by atoms with Crippen molar-refractivity contribution >= 4 is 97.1 Å². The maximum atomic E-state index is 6.62. The van der Waals surface area contributed by atoms with Gasteiger partial charge in [-0.25, -0.2) is 0 Å². The standard InChI is InChI=1S/C48H28N2OS/c1-7-19-37(49-39-21-9-3-17-35(39)45-41(49)27-25-33-31-15-5-11-23-43(31)51-47(33)45)29(13-1)30-14-2-8-20-38(30)50-40-22-10-4-18-36(40)46-42(50)28-26-34-32-16-6-12-24-44(32)52-48(34)46/h1-28H. The Labute approximate surface area is 301 Å². The lowest BCUT2D eigenvalue weighted by atomic mass is 10.0. The summed E-state index contributed by atoms with van der Waals surface area (Å²) in [6.45, 7) is 0. The average molecular weight is 681 g/mol. The summed E-state index contributed by atoms with van der Waals surface area (Å²) in [5.41, 5.74) is 11.2. The smallest absolute Gasteiger partial charge is 0.145 e. The first-order chi connectivity index (χ1) is 25.8. The van der Waals surface area contributed by atoms with E-state index in [9.17, 15) is 0 Å². The minimum absolute atomic E-state index is 0.912. The number of nitrogens with zero attached hydrogens (tertiary/aromatic N) is 2. The van der Waals surface area contributed by atoms with Crippen LogP contribution in [0, 0.1) is 0 Å². The number of rotatable bonds is 3. The van der Waals surface area contributed by atoms with E-state index >= 15 is 0 Å². The highest BCUT2D eigenvalue weighted by Gasteiger charge is 2.23. The molecule has 0 fully saturated rings. The maximum Gasteiger partial charge on any atom is 0.145 e. The van der Waals surface area contributed by atoms with Gasteiger partial charge in [0.2, 0.25) is 0 Å². The van der Waals surface area contributed by atoms with Gasteiger partial charge in [0, 0.05) is 58.2 Å². The molecule has 4 heterocycles. The predicted molar refractivity (Wildman–Crippen MR) is 221 cm³/mol. The van der Waals surface area contributed by atoms with Crippen LogP contribution >= 0.6 is 11.3 Å². The molecule has 0 amide bonds. The Morgan fingerprint density at radius 2 is 0.885 bits per heavy atom. The van der Waals surface area contributed by atoms with Crippen LogP contribution in [0.4, 0.5) is 0 Å². The van der Waals surface area contributed by atoms with Gasteiger partial charge in [-0.3, -0.25) is 0 Å². The molecule has 0 saturated heterocycles. The molecule has 4 aromatic heterocycles. The third-order valence-corrected chi connectivity index (χ3v) is 12.1. The van der Waals surface area contributed by atoms with Crippen LogP contribution in [-0.4, -0.2) is 9.13 Å². The van der Waals surface area contributed by atoms with Crippen molar-refractivity contribution in [2.45, 2.75) is 0 Å². The maximum absolute atomic E-state index is 6.62. The molecule has 12 aromatic rings.